The second kappa shape index (κ2) is 6.68. The third-order valence-electron chi connectivity index (χ3n) is 6.22. The molecule has 4 atom stereocenters. The van der Waals surface area contributed by atoms with Gasteiger partial charge < -0.3 is 11.1 Å². The fourth-order valence-electron chi connectivity index (χ4n) is 5.28. The molecule has 1 amide bonds. The molecular formula is C18H32N2O. The van der Waals surface area contributed by atoms with Gasteiger partial charge in [0.05, 0.1) is 0 Å². The van der Waals surface area contributed by atoms with Crippen molar-refractivity contribution in [1.82, 2.24) is 5.32 Å². The molecule has 0 aromatic carbocycles. The van der Waals surface area contributed by atoms with E-state index in [1.54, 1.807) is 0 Å². The number of carbonyl (C=O) groups is 1. The molecule has 3 fully saturated rings. The van der Waals surface area contributed by atoms with Gasteiger partial charge in [-0.25, -0.2) is 0 Å². The van der Waals surface area contributed by atoms with Gasteiger partial charge in [0.25, 0.3) is 0 Å². The SMILES string of the molecule is CC1CCCC(CC(=O)NC2C3CCCC2CC(N)C3)C1. The smallest absolute Gasteiger partial charge is 0.220 e. The molecule has 2 bridgehead atoms. The molecule has 4 unspecified atom stereocenters. The summed E-state index contributed by atoms with van der Waals surface area (Å²) in [5.74, 6) is 3.03. The van der Waals surface area contributed by atoms with Gasteiger partial charge >= 0.3 is 0 Å². The lowest BCUT2D eigenvalue weighted by Gasteiger charge is -2.45. The maximum absolute atomic E-state index is 12.5. The largest absolute Gasteiger partial charge is 0.353 e. The molecular weight excluding hydrogens is 260 g/mol. The van der Waals surface area contributed by atoms with Crippen molar-refractivity contribution in [2.75, 3.05) is 0 Å². The van der Waals surface area contributed by atoms with Crippen LogP contribution in [0.25, 0.3) is 0 Å². The maximum Gasteiger partial charge on any atom is 0.220 e. The van der Waals surface area contributed by atoms with E-state index in [1.165, 1.54) is 44.9 Å². The highest BCUT2D eigenvalue weighted by molar-refractivity contribution is 5.76. The molecule has 0 radical (unpaired) electrons. The lowest BCUT2D eigenvalue weighted by Crippen LogP contribution is -2.53. The zero-order valence-corrected chi connectivity index (χ0v) is 13.5. The summed E-state index contributed by atoms with van der Waals surface area (Å²) in [5.41, 5.74) is 6.17. The summed E-state index contributed by atoms with van der Waals surface area (Å²) in [4.78, 5) is 12.5. The second-order valence-corrected chi connectivity index (χ2v) is 8.12. The van der Waals surface area contributed by atoms with Crippen LogP contribution in [0.2, 0.25) is 0 Å². The molecule has 120 valence electrons. The molecule has 3 heteroatoms. The lowest BCUT2D eigenvalue weighted by molar-refractivity contribution is -0.124. The van der Waals surface area contributed by atoms with Gasteiger partial charge in [0.2, 0.25) is 5.91 Å². The van der Waals surface area contributed by atoms with Crippen LogP contribution in [-0.2, 0) is 4.79 Å². The van der Waals surface area contributed by atoms with Crippen LogP contribution in [0, 0.1) is 23.7 Å². The Kier molecular flexibility index (Phi) is 4.88. The molecule has 3 rings (SSSR count). The Balaban J connectivity index is 1.52. The number of hydrogen-bond donors (Lipinski definition) is 2. The van der Waals surface area contributed by atoms with E-state index in [0.717, 1.165) is 25.2 Å². The Morgan fingerprint density at radius 3 is 2.38 bits per heavy atom. The molecule has 0 saturated heterocycles. The number of fused-ring (bicyclic) bond motifs is 2. The number of hydrogen-bond acceptors (Lipinski definition) is 2. The van der Waals surface area contributed by atoms with Gasteiger partial charge in [-0.05, 0) is 62.2 Å². The average Bonchev–Trinajstić information content (AvgIpc) is 2.39. The van der Waals surface area contributed by atoms with Crippen molar-refractivity contribution < 1.29 is 4.79 Å². The standard InChI is InChI=1S/C18H32N2O/c1-12-4-2-5-13(8-12)9-17(21)20-18-14-6-3-7-15(18)11-16(19)10-14/h12-16,18H,2-11,19H2,1H3,(H,20,21). The van der Waals surface area contributed by atoms with E-state index < -0.39 is 0 Å². The molecule has 3 nitrogen and oxygen atoms in total. The van der Waals surface area contributed by atoms with Crippen LogP contribution in [0.3, 0.4) is 0 Å². The Morgan fingerprint density at radius 2 is 1.71 bits per heavy atom. The predicted octanol–water partition coefficient (Wildman–Crippen LogP) is 3.23. The summed E-state index contributed by atoms with van der Waals surface area (Å²) in [6.07, 6.45) is 12.0. The Labute approximate surface area is 129 Å². The average molecular weight is 292 g/mol. The van der Waals surface area contributed by atoms with Crippen LogP contribution in [-0.4, -0.2) is 18.0 Å². The zero-order chi connectivity index (χ0) is 14.8. The van der Waals surface area contributed by atoms with E-state index in [4.69, 9.17) is 5.73 Å². The number of amides is 1. The minimum absolute atomic E-state index is 0.312. The first-order valence-electron chi connectivity index (χ1n) is 9.16. The quantitative estimate of drug-likeness (QED) is 0.839. The van der Waals surface area contributed by atoms with E-state index in [1.807, 2.05) is 0 Å². The van der Waals surface area contributed by atoms with E-state index in [2.05, 4.69) is 12.2 Å². The molecule has 3 saturated carbocycles. The van der Waals surface area contributed by atoms with E-state index in [0.29, 0.717) is 35.7 Å². The second-order valence-electron chi connectivity index (χ2n) is 8.12. The van der Waals surface area contributed by atoms with Gasteiger partial charge in [-0.3, -0.25) is 4.79 Å². The highest BCUT2D eigenvalue weighted by Gasteiger charge is 2.40. The lowest BCUT2D eigenvalue weighted by atomic mass is 9.67. The summed E-state index contributed by atoms with van der Waals surface area (Å²) in [7, 11) is 0. The summed E-state index contributed by atoms with van der Waals surface area (Å²) in [5, 5.41) is 3.41. The van der Waals surface area contributed by atoms with Crippen LogP contribution < -0.4 is 11.1 Å². The van der Waals surface area contributed by atoms with Gasteiger partial charge in [-0.15, -0.1) is 0 Å². The maximum atomic E-state index is 12.5. The molecule has 3 N–H and O–H groups in total. The van der Waals surface area contributed by atoms with Crippen LogP contribution in [0.15, 0.2) is 0 Å². The van der Waals surface area contributed by atoms with Gasteiger partial charge in [-0.1, -0.05) is 26.2 Å². The van der Waals surface area contributed by atoms with Crippen LogP contribution >= 0.6 is 0 Å². The van der Waals surface area contributed by atoms with Crippen molar-refractivity contribution in [1.29, 1.82) is 0 Å². The highest BCUT2D eigenvalue weighted by Crippen LogP contribution is 2.40. The van der Waals surface area contributed by atoms with Crippen LogP contribution in [0.1, 0.15) is 71.1 Å². The highest BCUT2D eigenvalue weighted by atomic mass is 16.1. The molecule has 0 heterocycles. The number of nitrogens with one attached hydrogen (secondary N) is 1. The third-order valence-corrected chi connectivity index (χ3v) is 6.22. The van der Waals surface area contributed by atoms with Gasteiger partial charge in [0, 0.05) is 18.5 Å². The van der Waals surface area contributed by atoms with Gasteiger partial charge in [-0.2, -0.15) is 0 Å². The Morgan fingerprint density at radius 1 is 1.05 bits per heavy atom. The molecule has 0 spiro atoms. The number of nitrogens with two attached hydrogens (primary N) is 1. The van der Waals surface area contributed by atoms with Crippen molar-refractivity contribution >= 4 is 5.91 Å². The third kappa shape index (κ3) is 3.80. The van der Waals surface area contributed by atoms with Crippen molar-refractivity contribution in [2.24, 2.45) is 29.4 Å². The fourth-order valence-corrected chi connectivity index (χ4v) is 5.28. The topological polar surface area (TPSA) is 55.1 Å². The normalized spacial score (nSPS) is 43.3. The summed E-state index contributed by atoms with van der Waals surface area (Å²) in [6.45, 7) is 2.33. The van der Waals surface area contributed by atoms with E-state index >= 15 is 0 Å². The van der Waals surface area contributed by atoms with E-state index in [9.17, 15) is 4.79 Å². The van der Waals surface area contributed by atoms with Crippen molar-refractivity contribution in [2.45, 2.75) is 83.2 Å². The molecule has 3 aliphatic rings. The summed E-state index contributed by atoms with van der Waals surface area (Å²) in [6, 6.07) is 0.791. The van der Waals surface area contributed by atoms with Gasteiger partial charge in [0.1, 0.15) is 0 Å². The minimum Gasteiger partial charge on any atom is -0.353 e. The van der Waals surface area contributed by atoms with E-state index in [-0.39, 0.29) is 0 Å². The minimum atomic E-state index is 0.312. The first-order chi connectivity index (χ1) is 10.1. The molecule has 21 heavy (non-hydrogen) atoms. The predicted molar refractivity (Wildman–Crippen MR) is 85.7 cm³/mol. The summed E-state index contributed by atoms with van der Waals surface area (Å²) >= 11 is 0. The van der Waals surface area contributed by atoms with Crippen LogP contribution in [0.4, 0.5) is 0 Å². The van der Waals surface area contributed by atoms with Crippen molar-refractivity contribution in [3.63, 3.8) is 0 Å². The van der Waals surface area contributed by atoms with Crippen LogP contribution in [0.5, 0.6) is 0 Å². The fraction of sp³-hybridized carbons (Fsp3) is 0.944. The summed E-state index contributed by atoms with van der Waals surface area (Å²) < 4.78 is 0. The first kappa shape index (κ1) is 15.3. The molecule has 3 aliphatic carbocycles. The Hall–Kier alpha value is -0.570. The van der Waals surface area contributed by atoms with Crippen molar-refractivity contribution in [3.8, 4) is 0 Å². The van der Waals surface area contributed by atoms with Crippen molar-refractivity contribution in [3.05, 3.63) is 0 Å². The zero-order valence-electron chi connectivity index (χ0n) is 13.5. The Bertz CT molecular complexity index is 356. The number of rotatable bonds is 3. The molecule has 0 aromatic rings. The first-order valence-corrected chi connectivity index (χ1v) is 9.16. The molecule has 0 aliphatic heterocycles. The molecule has 0 aromatic heterocycles. The number of carbonyl (C=O) groups excluding carboxylic acids is 1. The monoisotopic (exact) mass is 292 g/mol. The van der Waals surface area contributed by atoms with Gasteiger partial charge in [0.15, 0.2) is 0 Å².